The second kappa shape index (κ2) is 9.62. The van der Waals surface area contributed by atoms with Crippen LogP contribution < -0.4 is 0 Å². The van der Waals surface area contributed by atoms with Crippen molar-refractivity contribution in [2.24, 2.45) is 5.92 Å². The molecule has 0 unspecified atom stereocenters. The van der Waals surface area contributed by atoms with E-state index in [2.05, 4.69) is 24.0 Å². The minimum atomic E-state index is -3.13. The van der Waals surface area contributed by atoms with Gasteiger partial charge in [0.25, 0.3) is 0 Å². The molecule has 2 aliphatic carbocycles. The standard InChI is InChI=1S/C30H31FN4O3S/c1-4-39(36,37)14-12-21-15-19(11-13-32-21)29-34-26(22-7-5-6-8-25(22)31)23-9-10-24-18(2)27-20(17-33-38-27)16-30(24,3)28(23)35-29/h5-8,11,13,15,17-18,24H,4,9-10,12,14,16H2,1-3H3/t18-,24-,30-/m1/s1. The minimum Gasteiger partial charge on any atom is -0.361 e. The summed E-state index contributed by atoms with van der Waals surface area (Å²) in [5.74, 6) is 1.70. The van der Waals surface area contributed by atoms with Crippen molar-refractivity contribution >= 4 is 9.84 Å². The molecule has 0 aliphatic heterocycles. The van der Waals surface area contributed by atoms with Crippen LogP contribution in [0.5, 0.6) is 0 Å². The first-order valence-electron chi connectivity index (χ1n) is 13.5. The lowest BCUT2D eigenvalue weighted by molar-refractivity contribution is 0.172. The number of rotatable bonds is 6. The molecule has 1 aromatic carbocycles. The number of hydrogen-bond acceptors (Lipinski definition) is 7. The first-order valence-corrected chi connectivity index (χ1v) is 15.3. The molecule has 0 spiro atoms. The zero-order valence-electron chi connectivity index (χ0n) is 22.3. The van der Waals surface area contributed by atoms with Crippen LogP contribution in [0.2, 0.25) is 0 Å². The van der Waals surface area contributed by atoms with E-state index >= 15 is 4.39 Å². The highest BCUT2D eigenvalue weighted by molar-refractivity contribution is 7.91. The predicted octanol–water partition coefficient (Wildman–Crippen LogP) is 5.49. The molecular weight excluding hydrogens is 515 g/mol. The Balaban J connectivity index is 1.52. The Bertz CT molecular complexity index is 1670. The van der Waals surface area contributed by atoms with E-state index in [1.54, 1.807) is 31.5 Å². The first-order chi connectivity index (χ1) is 18.7. The van der Waals surface area contributed by atoms with Gasteiger partial charge in [-0.05, 0) is 49.4 Å². The second-order valence-electron chi connectivity index (χ2n) is 11.0. The molecule has 3 heterocycles. The highest BCUT2D eigenvalue weighted by Crippen LogP contribution is 2.54. The Morgan fingerprint density at radius 2 is 2.00 bits per heavy atom. The maximum atomic E-state index is 15.2. The number of nitrogens with zero attached hydrogens (tertiary/aromatic N) is 4. The normalized spacial score (nSPS) is 22.2. The van der Waals surface area contributed by atoms with Crippen molar-refractivity contribution in [3.63, 3.8) is 0 Å². The molecule has 0 N–H and O–H groups in total. The molecule has 6 rings (SSSR count). The molecule has 0 saturated heterocycles. The third kappa shape index (κ3) is 4.46. The zero-order chi connectivity index (χ0) is 27.4. The summed E-state index contributed by atoms with van der Waals surface area (Å²) in [4.78, 5) is 14.5. The molecule has 4 aromatic rings. The molecule has 2 aliphatic rings. The molecule has 0 amide bonds. The lowest BCUT2D eigenvalue weighted by atomic mass is 9.56. The number of sulfone groups is 1. The topological polar surface area (TPSA) is 98.8 Å². The van der Waals surface area contributed by atoms with Gasteiger partial charge in [0.1, 0.15) is 21.4 Å². The fraction of sp³-hybridized carbons (Fsp3) is 0.400. The lowest BCUT2D eigenvalue weighted by Crippen LogP contribution is -2.45. The van der Waals surface area contributed by atoms with E-state index in [0.29, 0.717) is 29.2 Å². The van der Waals surface area contributed by atoms with Gasteiger partial charge in [0.05, 0.1) is 23.3 Å². The summed E-state index contributed by atoms with van der Waals surface area (Å²) < 4.78 is 45.0. The largest absolute Gasteiger partial charge is 0.361 e. The fourth-order valence-corrected chi connectivity index (χ4v) is 7.33. The van der Waals surface area contributed by atoms with Crippen molar-refractivity contribution in [2.45, 2.75) is 57.8 Å². The maximum Gasteiger partial charge on any atom is 0.160 e. The van der Waals surface area contributed by atoms with Crippen LogP contribution >= 0.6 is 0 Å². The molecular formula is C30H31FN4O3S. The molecule has 0 bridgehead atoms. The van der Waals surface area contributed by atoms with E-state index in [9.17, 15) is 8.42 Å². The Hall–Kier alpha value is -3.46. The number of halogens is 1. The Labute approximate surface area is 227 Å². The van der Waals surface area contributed by atoms with Crippen LogP contribution in [-0.2, 0) is 34.5 Å². The van der Waals surface area contributed by atoms with Gasteiger partial charge in [0.2, 0.25) is 0 Å². The molecule has 202 valence electrons. The number of hydrogen-bond donors (Lipinski definition) is 0. The molecule has 39 heavy (non-hydrogen) atoms. The predicted molar refractivity (Wildman–Crippen MR) is 146 cm³/mol. The van der Waals surface area contributed by atoms with Crippen molar-refractivity contribution in [1.82, 2.24) is 20.1 Å². The van der Waals surface area contributed by atoms with E-state index < -0.39 is 9.84 Å². The monoisotopic (exact) mass is 546 g/mol. The van der Waals surface area contributed by atoms with Gasteiger partial charge in [0.15, 0.2) is 5.82 Å². The summed E-state index contributed by atoms with van der Waals surface area (Å²) in [6, 6.07) is 10.4. The molecule has 3 aromatic heterocycles. The average Bonchev–Trinajstić information content (AvgIpc) is 3.40. The quantitative estimate of drug-likeness (QED) is 0.315. The van der Waals surface area contributed by atoms with Gasteiger partial charge in [-0.3, -0.25) is 4.98 Å². The van der Waals surface area contributed by atoms with Crippen LogP contribution in [0.25, 0.3) is 22.6 Å². The highest BCUT2D eigenvalue weighted by Gasteiger charge is 2.50. The van der Waals surface area contributed by atoms with Crippen molar-refractivity contribution in [3.05, 3.63) is 82.9 Å². The zero-order valence-corrected chi connectivity index (χ0v) is 23.1. The van der Waals surface area contributed by atoms with Crippen molar-refractivity contribution in [3.8, 4) is 22.6 Å². The third-order valence-corrected chi connectivity index (χ3v) is 10.3. The minimum absolute atomic E-state index is 0.0319. The second-order valence-corrected chi connectivity index (χ2v) is 13.4. The van der Waals surface area contributed by atoms with Crippen molar-refractivity contribution in [1.29, 1.82) is 0 Å². The van der Waals surface area contributed by atoms with Gasteiger partial charge >= 0.3 is 0 Å². The summed E-state index contributed by atoms with van der Waals surface area (Å²) in [5, 5.41) is 4.08. The van der Waals surface area contributed by atoms with Gasteiger partial charge in [0, 0.05) is 57.7 Å². The fourth-order valence-electron chi connectivity index (χ4n) is 6.52. The van der Waals surface area contributed by atoms with E-state index in [4.69, 9.17) is 14.5 Å². The molecule has 9 heteroatoms. The summed E-state index contributed by atoms with van der Waals surface area (Å²) >= 11 is 0. The third-order valence-electron chi connectivity index (χ3n) is 8.64. The van der Waals surface area contributed by atoms with Crippen LogP contribution in [0.3, 0.4) is 0 Å². The summed E-state index contributed by atoms with van der Waals surface area (Å²) in [6.07, 6.45) is 6.16. The Morgan fingerprint density at radius 3 is 2.79 bits per heavy atom. The number of pyridine rings is 1. The van der Waals surface area contributed by atoms with Gasteiger partial charge in [-0.25, -0.2) is 22.8 Å². The Kier molecular flexibility index (Phi) is 6.37. The number of fused-ring (bicyclic) bond motifs is 4. The summed E-state index contributed by atoms with van der Waals surface area (Å²) in [5.41, 5.74) is 5.16. The highest BCUT2D eigenvalue weighted by atomic mass is 32.2. The van der Waals surface area contributed by atoms with Gasteiger partial charge in [-0.2, -0.15) is 0 Å². The van der Waals surface area contributed by atoms with E-state index in [-0.39, 0.29) is 34.6 Å². The van der Waals surface area contributed by atoms with E-state index in [1.165, 1.54) is 6.07 Å². The number of benzene rings is 1. The van der Waals surface area contributed by atoms with E-state index in [0.717, 1.165) is 47.4 Å². The van der Waals surface area contributed by atoms with E-state index in [1.807, 2.05) is 18.2 Å². The summed E-state index contributed by atoms with van der Waals surface area (Å²) in [7, 11) is -3.13. The molecule has 3 atom stereocenters. The molecule has 0 saturated carbocycles. The number of aryl methyl sites for hydroxylation is 1. The Morgan fingerprint density at radius 1 is 1.18 bits per heavy atom. The molecule has 0 fully saturated rings. The van der Waals surface area contributed by atoms with Crippen LogP contribution in [-0.4, -0.2) is 40.0 Å². The van der Waals surface area contributed by atoms with Gasteiger partial charge < -0.3 is 4.52 Å². The van der Waals surface area contributed by atoms with Crippen molar-refractivity contribution in [2.75, 3.05) is 11.5 Å². The van der Waals surface area contributed by atoms with Gasteiger partial charge in [-0.15, -0.1) is 0 Å². The van der Waals surface area contributed by atoms with Crippen LogP contribution in [0.4, 0.5) is 4.39 Å². The smallest absolute Gasteiger partial charge is 0.160 e. The molecule has 0 radical (unpaired) electrons. The first kappa shape index (κ1) is 25.8. The van der Waals surface area contributed by atoms with Crippen molar-refractivity contribution < 1.29 is 17.3 Å². The van der Waals surface area contributed by atoms with Crippen LogP contribution in [0.15, 0.2) is 53.3 Å². The van der Waals surface area contributed by atoms with Crippen LogP contribution in [0.1, 0.15) is 61.4 Å². The maximum absolute atomic E-state index is 15.2. The summed E-state index contributed by atoms with van der Waals surface area (Å²) in [6.45, 7) is 6.08. The number of aromatic nitrogens is 4. The average molecular weight is 547 g/mol. The SMILES string of the molecule is CCS(=O)(=O)CCc1cc(-c2nc(-c3ccccc3F)c3c(n2)[C@]2(C)Cc4cnoc4[C@H](C)[C@H]2CC3)ccn1. The van der Waals surface area contributed by atoms with Crippen LogP contribution in [0, 0.1) is 11.7 Å². The lowest BCUT2D eigenvalue weighted by Gasteiger charge is -2.47. The molecule has 7 nitrogen and oxygen atoms in total. The van der Waals surface area contributed by atoms with Gasteiger partial charge in [-0.1, -0.05) is 38.1 Å².